The molecule has 0 spiro atoms. The Balaban J connectivity index is 2.12. The molecule has 0 radical (unpaired) electrons. The van der Waals surface area contributed by atoms with Crippen LogP contribution in [0.4, 0.5) is 10.8 Å². The summed E-state index contributed by atoms with van der Waals surface area (Å²) in [5.41, 5.74) is 1.51. The zero-order valence-electron chi connectivity index (χ0n) is 10.3. The predicted molar refractivity (Wildman–Crippen MR) is 74.4 cm³/mol. The van der Waals surface area contributed by atoms with Crippen molar-refractivity contribution in [2.24, 2.45) is 0 Å². The minimum Gasteiger partial charge on any atom is -0.350 e. The SMILES string of the molecule is CC(C)NC(=O)c1cccc(Nc2nccs2)c1. The fourth-order valence-electron chi connectivity index (χ4n) is 1.49. The summed E-state index contributed by atoms with van der Waals surface area (Å²) < 4.78 is 0. The van der Waals surface area contributed by atoms with Crippen LogP contribution in [0.1, 0.15) is 24.2 Å². The highest BCUT2D eigenvalue weighted by Gasteiger charge is 2.07. The van der Waals surface area contributed by atoms with Gasteiger partial charge in [-0.25, -0.2) is 4.98 Å². The van der Waals surface area contributed by atoms with Gasteiger partial charge in [-0.2, -0.15) is 0 Å². The van der Waals surface area contributed by atoms with Crippen LogP contribution in [0.3, 0.4) is 0 Å². The summed E-state index contributed by atoms with van der Waals surface area (Å²) >= 11 is 1.52. The Labute approximate surface area is 110 Å². The van der Waals surface area contributed by atoms with Crippen molar-refractivity contribution in [2.45, 2.75) is 19.9 Å². The molecule has 0 saturated heterocycles. The minimum atomic E-state index is -0.0622. The van der Waals surface area contributed by atoms with Crippen molar-refractivity contribution in [3.8, 4) is 0 Å². The van der Waals surface area contributed by atoms with Gasteiger partial charge in [-0.3, -0.25) is 4.79 Å². The van der Waals surface area contributed by atoms with E-state index in [-0.39, 0.29) is 11.9 Å². The van der Waals surface area contributed by atoms with Crippen molar-refractivity contribution < 1.29 is 4.79 Å². The molecule has 2 N–H and O–H groups in total. The highest BCUT2D eigenvalue weighted by molar-refractivity contribution is 7.13. The molecule has 94 valence electrons. The predicted octanol–water partition coefficient (Wildman–Crippen LogP) is 3.02. The number of rotatable bonds is 4. The largest absolute Gasteiger partial charge is 0.350 e. The van der Waals surface area contributed by atoms with Crippen molar-refractivity contribution >= 4 is 28.1 Å². The third-order valence-electron chi connectivity index (χ3n) is 2.23. The maximum Gasteiger partial charge on any atom is 0.251 e. The molecule has 0 aliphatic rings. The first-order chi connectivity index (χ1) is 8.65. The second-order valence-electron chi connectivity index (χ2n) is 4.17. The van der Waals surface area contributed by atoms with Crippen LogP contribution < -0.4 is 10.6 Å². The van der Waals surface area contributed by atoms with E-state index in [4.69, 9.17) is 0 Å². The molecule has 1 heterocycles. The molecule has 2 rings (SSSR count). The fourth-order valence-corrected chi connectivity index (χ4v) is 2.04. The lowest BCUT2D eigenvalue weighted by molar-refractivity contribution is 0.0943. The highest BCUT2D eigenvalue weighted by Crippen LogP contribution is 2.19. The number of hydrogen-bond acceptors (Lipinski definition) is 4. The van der Waals surface area contributed by atoms with Crippen LogP contribution in [0.15, 0.2) is 35.8 Å². The van der Waals surface area contributed by atoms with Crippen LogP contribution in [0.25, 0.3) is 0 Å². The van der Waals surface area contributed by atoms with Gasteiger partial charge in [0.15, 0.2) is 5.13 Å². The Morgan fingerprint density at radius 3 is 2.89 bits per heavy atom. The second kappa shape index (κ2) is 5.64. The smallest absolute Gasteiger partial charge is 0.251 e. The van der Waals surface area contributed by atoms with E-state index in [0.717, 1.165) is 10.8 Å². The molecule has 0 aliphatic carbocycles. The van der Waals surface area contributed by atoms with Crippen molar-refractivity contribution in [3.63, 3.8) is 0 Å². The van der Waals surface area contributed by atoms with Crippen LogP contribution in [0, 0.1) is 0 Å². The summed E-state index contributed by atoms with van der Waals surface area (Å²) in [6.07, 6.45) is 1.74. The molecule has 0 fully saturated rings. The Hall–Kier alpha value is -1.88. The molecular formula is C13H15N3OS. The van der Waals surface area contributed by atoms with Gasteiger partial charge in [0.1, 0.15) is 0 Å². The number of thiazole rings is 1. The van der Waals surface area contributed by atoms with Crippen LogP contribution in [-0.2, 0) is 0 Å². The summed E-state index contributed by atoms with van der Waals surface area (Å²) in [5.74, 6) is -0.0622. The van der Waals surface area contributed by atoms with Crippen molar-refractivity contribution in [1.82, 2.24) is 10.3 Å². The van der Waals surface area contributed by atoms with E-state index in [1.807, 2.05) is 37.4 Å². The first kappa shape index (κ1) is 12.6. The number of benzene rings is 1. The third kappa shape index (κ3) is 3.30. The lowest BCUT2D eigenvalue weighted by atomic mass is 10.2. The van der Waals surface area contributed by atoms with Crippen molar-refractivity contribution in [1.29, 1.82) is 0 Å². The van der Waals surface area contributed by atoms with E-state index >= 15 is 0 Å². The Kier molecular flexibility index (Phi) is 3.94. The first-order valence-corrected chi connectivity index (χ1v) is 6.60. The van der Waals surface area contributed by atoms with E-state index in [1.54, 1.807) is 12.3 Å². The number of aromatic nitrogens is 1. The summed E-state index contributed by atoms with van der Waals surface area (Å²) in [6, 6.07) is 7.51. The monoisotopic (exact) mass is 261 g/mol. The normalized spacial score (nSPS) is 10.4. The second-order valence-corrected chi connectivity index (χ2v) is 5.07. The van der Waals surface area contributed by atoms with Gasteiger partial charge in [-0.15, -0.1) is 11.3 Å². The van der Waals surface area contributed by atoms with Gasteiger partial charge in [-0.1, -0.05) is 6.07 Å². The number of carbonyl (C=O) groups excluding carboxylic acids is 1. The lowest BCUT2D eigenvalue weighted by Gasteiger charge is -2.09. The first-order valence-electron chi connectivity index (χ1n) is 5.72. The summed E-state index contributed by atoms with van der Waals surface area (Å²) in [6.45, 7) is 3.88. The van der Waals surface area contributed by atoms with Crippen molar-refractivity contribution in [3.05, 3.63) is 41.4 Å². The zero-order valence-corrected chi connectivity index (χ0v) is 11.1. The van der Waals surface area contributed by atoms with E-state index < -0.39 is 0 Å². The van der Waals surface area contributed by atoms with Gasteiger partial charge in [0, 0.05) is 28.9 Å². The average Bonchev–Trinajstić information content (AvgIpc) is 2.81. The van der Waals surface area contributed by atoms with E-state index in [2.05, 4.69) is 15.6 Å². The standard InChI is InChI=1S/C13H15N3OS/c1-9(2)15-12(17)10-4-3-5-11(8-10)16-13-14-6-7-18-13/h3-9H,1-2H3,(H,14,16)(H,15,17). The highest BCUT2D eigenvalue weighted by atomic mass is 32.1. The summed E-state index contributed by atoms with van der Waals surface area (Å²) in [7, 11) is 0. The quantitative estimate of drug-likeness (QED) is 0.889. The topological polar surface area (TPSA) is 54.0 Å². The summed E-state index contributed by atoms with van der Waals surface area (Å²) in [4.78, 5) is 16.0. The Morgan fingerprint density at radius 1 is 1.39 bits per heavy atom. The van der Waals surface area contributed by atoms with Gasteiger partial charge in [-0.05, 0) is 32.0 Å². The number of anilines is 2. The van der Waals surface area contributed by atoms with E-state index in [0.29, 0.717) is 5.56 Å². The van der Waals surface area contributed by atoms with Gasteiger partial charge in [0.05, 0.1) is 0 Å². The van der Waals surface area contributed by atoms with Gasteiger partial charge in [0.2, 0.25) is 0 Å². The number of nitrogens with zero attached hydrogens (tertiary/aromatic N) is 1. The number of nitrogens with one attached hydrogen (secondary N) is 2. The third-order valence-corrected chi connectivity index (χ3v) is 2.92. The molecule has 2 aromatic rings. The average molecular weight is 261 g/mol. The van der Waals surface area contributed by atoms with Gasteiger partial charge >= 0.3 is 0 Å². The molecule has 5 heteroatoms. The van der Waals surface area contributed by atoms with Crippen LogP contribution in [0.5, 0.6) is 0 Å². The molecule has 0 unspecified atom stereocenters. The molecule has 1 amide bonds. The van der Waals surface area contributed by atoms with E-state index in [1.165, 1.54) is 11.3 Å². The fraction of sp³-hybridized carbons (Fsp3) is 0.231. The minimum absolute atomic E-state index is 0.0622. The van der Waals surface area contributed by atoms with Crippen LogP contribution in [-0.4, -0.2) is 16.9 Å². The molecular weight excluding hydrogens is 246 g/mol. The maximum atomic E-state index is 11.9. The lowest BCUT2D eigenvalue weighted by Crippen LogP contribution is -2.30. The number of amides is 1. The van der Waals surface area contributed by atoms with Crippen LogP contribution in [0.2, 0.25) is 0 Å². The van der Waals surface area contributed by atoms with Crippen molar-refractivity contribution in [2.75, 3.05) is 5.32 Å². The molecule has 0 atom stereocenters. The molecule has 1 aromatic heterocycles. The molecule has 0 saturated carbocycles. The molecule has 4 nitrogen and oxygen atoms in total. The van der Waals surface area contributed by atoms with Gasteiger partial charge < -0.3 is 10.6 Å². The zero-order chi connectivity index (χ0) is 13.0. The molecule has 0 bridgehead atoms. The number of hydrogen-bond donors (Lipinski definition) is 2. The Bertz CT molecular complexity index is 523. The maximum absolute atomic E-state index is 11.9. The number of carbonyl (C=O) groups is 1. The molecule has 18 heavy (non-hydrogen) atoms. The van der Waals surface area contributed by atoms with E-state index in [9.17, 15) is 4.79 Å². The summed E-state index contributed by atoms with van der Waals surface area (Å²) in [5, 5.41) is 8.74. The molecule has 1 aromatic carbocycles. The van der Waals surface area contributed by atoms with Crippen LogP contribution >= 0.6 is 11.3 Å². The Morgan fingerprint density at radius 2 is 2.22 bits per heavy atom. The molecule has 0 aliphatic heterocycles. The van der Waals surface area contributed by atoms with Gasteiger partial charge in [0.25, 0.3) is 5.91 Å².